The third-order valence-corrected chi connectivity index (χ3v) is 9.60. The van der Waals surface area contributed by atoms with E-state index >= 15 is 0 Å². The van der Waals surface area contributed by atoms with Gasteiger partial charge in [0.1, 0.15) is 22.8 Å². The van der Waals surface area contributed by atoms with Gasteiger partial charge in [-0.1, -0.05) is 158 Å². The first kappa shape index (κ1) is 35.5. The van der Waals surface area contributed by atoms with Crippen molar-refractivity contribution in [2.75, 3.05) is 9.80 Å². The molecule has 1 aliphatic heterocycles. The van der Waals surface area contributed by atoms with Gasteiger partial charge in [0, 0.05) is 33.6 Å². The van der Waals surface area contributed by atoms with E-state index in [1.54, 1.807) is 131 Å². The molecule has 0 spiro atoms. The topological polar surface area (TPSA) is 126 Å². The van der Waals surface area contributed by atoms with Crippen LogP contribution in [-0.4, -0.2) is 43.1 Å². The summed E-state index contributed by atoms with van der Waals surface area (Å²) < 4.78 is 0. The van der Waals surface area contributed by atoms with Crippen LogP contribution in [0.3, 0.4) is 0 Å². The van der Waals surface area contributed by atoms with E-state index in [0.29, 0.717) is 33.6 Å². The third kappa shape index (κ3) is 6.40. The van der Waals surface area contributed by atoms with E-state index in [2.05, 4.69) is 0 Å². The summed E-state index contributed by atoms with van der Waals surface area (Å²) in [6, 6.07) is 52.5. The number of rotatable bonds is 10. The fraction of sp³-hybridized carbons (Fsp3) is 0. The first-order chi connectivity index (χ1) is 28.5. The maximum atomic E-state index is 14.5. The molecule has 0 saturated carbocycles. The van der Waals surface area contributed by atoms with Crippen LogP contribution in [0.25, 0.3) is 0 Å². The van der Waals surface area contributed by atoms with E-state index in [4.69, 9.17) is 19.9 Å². The van der Waals surface area contributed by atoms with E-state index in [0.717, 1.165) is 0 Å². The number of ketones is 4. The van der Waals surface area contributed by atoms with Gasteiger partial charge in [0.2, 0.25) is 23.1 Å². The molecule has 0 N–H and O–H groups in total. The number of carbonyl (C=O) groups is 4. The van der Waals surface area contributed by atoms with Gasteiger partial charge in [-0.05, 0) is 24.3 Å². The first-order valence-corrected chi connectivity index (χ1v) is 18.4. The molecular formula is C48H30N6O4. The molecule has 0 unspecified atom stereocenters. The molecule has 10 nitrogen and oxygen atoms in total. The van der Waals surface area contributed by atoms with Crippen LogP contribution in [0.4, 0.5) is 34.6 Å². The first-order valence-electron chi connectivity index (χ1n) is 18.4. The zero-order valence-corrected chi connectivity index (χ0v) is 30.6. The Balaban J connectivity index is 1.38. The zero-order valence-electron chi connectivity index (χ0n) is 30.6. The molecule has 0 saturated heterocycles. The van der Waals surface area contributed by atoms with Crippen LogP contribution >= 0.6 is 0 Å². The molecule has 2 aromatic heterocycles. The van der Waals surface area contributed by atoms with E-state index in [-0.39, 0.29) is 46.0 Å². The lowest BCUT2D eigenvalue weighted by molar-refractivity contribution is 0.0995. The van der Waals surface area contributed by atoms with Crippen molar-refractivity contribution in [3.8, 4) is 0 Å². The number of fused-ring (bicyclic) bond motifs is 2. The van der Waals surface area contributed by atoms with Crippen molar-refractivity contribution in [3.05, 3.63) is 227 Å². The lowest BCUT2D eigenvalue weighted by Crippen LogP contribution is -2.32. The minimum atomic E-state index is -0.518. The maximum absolute atomic E-state index is 14.5. The van der Waals surface area contributed by atoms with E-state index < -0.39 is 23.1 Å². The summed E-state index contributed by atoms with van der Waals surface area (Å²) in [4.78, 5) is 81.4. The Morgan fingerprint density at radius 3 is 0.672 bits per heavy atom. The molecule has 276 valence electrons. The molecule has 1 aliphatic rings. The molecule has 0 fully saturated rings. The number of hydrogen-bond donors (Lipinski definition) is 0. The van der Waals surface area contributed by atoms with Gasteiger partial charge in [0.05, 0.1) is 0 Å². The zero-order chi connectivity index (χ0) is 39.6. The van der Waals surface area contributed by atoms with Crippen LogP contribution in [0.2, 0.25) is 0 Å². The van der Waals surface area contributed by atoms with Crippen molar-refractivity contribution >= 4 is 57.8 Å². The molecular weight excluding hydrogens is 725 g/mol. The van der Waals surface area contributed by atoms with E-state index in [1.165, 1.54) is 0 Å². The van der Waals surface area contributed by atoms with E-state index in [1.807, 2.05) is 60.7 Å². The van der Waals surface area contributed by atoms with Gasteiger partial charge in [-0.2, -0.15) is 0 Å². The predicted molar refractivity (Wildman–Crippen MR) is 220 cm³/mol. The van der Waals surface area contributed by atoms with Crippen LogP contribution in [0.1, 0.15) is 64.2 Å². The second-order valence-electron chi connectivity index (χ2n) is 13.3. The van der Waals surface area contributed by atoms with Crippen molar-refractivity contribution in [3.63, 3.8) is 0 Å². The summed E-state index contributed by atoms with van der Waals surface area (Å²) in [5.74, 6) is -1.51. The smallest absolute Gasteiger partial charge is 0.213 e. The maximum Gasteiger partial charge on any atom is 0.213 e. The Bertz CT molecular complexity index is 2490. The summed E-state index contributed by atoms with van der Waals surface area (Å²) >= 11 is 0. The summed E-state index contributed by atoms with van der Waals surface area (Å²) in [7, 11) is 0. The highest BCUT2D eigenvalue weighted by Gasteiger charge is 2.40. The number of anilines is 6. The molecule has 0 aliphatic carbocycles. The molecule has 0 atom stereocenters. The van der Waals surface area contributed by atoms with Crippen LogP contribution < -0.4 is 9.80 Å². The highest BCUT2D eigenvalue weighted by atomic mass is 16.1. The fourth-order valence-electron chi connectivity index (χ4n) is 6.82. The highest BCUT2D eigenvalue weighted by Crippen LogP contribution is 2.51. The molecule has 0 radical (unpaired) electrons. The van der Waals surface area contributed by atoms with Crippen molar-refractivity contribution in [2.45, 2.75) is 0 Å². The molecule has 8 aromatic rings. The predicted octanol–water partition coefficient (Wildman–Crippen LogP) is 9.44. The second kappa shape index (κ2) is 15.1. The lowest BCUT2D eigenvalue weighted by Gasteiger charge is -2.37. The molecule has 10 heteroatoms. The van der Waals surface area contributed by atoms with Crippen LogP contribution in [0, 0.1) is 0 Å². The third-order valence-electron chi connectivity index (χ3n) is 9.60. The van der Waals surface area contributed by atoms with Gasteiger partial charge in [-0.3, -0.25) is 29.0 Å². The Labute approximate surface area is 332 Å². The molecule has 6 aromatic carbocycles. The number of nitrogens with zero attached hydrogens (tertiary/aromatic N) is 6. The quantitative estimate of drug-likeness (QED) is 0.125. The van der Waals surface area contributed by atoms with Gasteiger partial charge < -0.3 is 0 Å². The fourth-order valence-corrected chi connectivity index (χ4v) is 6.82. The standard InChI is InChI=1S/C48H30N6O4/c55-41(31-19-7-1-8-20-31)37-38(42(56)32-21-9-2-10-22-32)50-46-45(49-37)53(35-27-15-5-16-28-35)47-48(54(46)36-29-17-6-18-30-36)52-40(44(58)34-25-13-4-14-26-34)39(51-47)43(57)33-23-11-3-12-24-33/h1-30H. The largest absolute Gasteiger partial charge is 0.287 e. The second-order valence-corrected chi connectivity index (χ2v) is 13.3. The Kier molecular flexibility index (Phi) is 9.25. The van der Waals surface area contributed by atoms with Gasteiger partial charge in [0.25, 0.3) is 0 Å². The number of benzene rings is 6. The van der Waals surface area contributed by atoms with Gasteiger partial charge in [0.15, 0.2) is 23.3 Å². The monoisotopic (exact) mass is 754 g/mol. The molecule has 9 rings (SSSR count). The van der Waals surface area contributed by atoms with Gasteiger partial charge in [-0.25, -0.2) is 19.9 Å². The summed E-state index contributed by atoms with van der Waals surface area (Å²) in [6.07, 6.45) is 0. The van der Waals surface area contributed by atoms with Gasteiger partial charge in [-0.15, -0.1) is 0 Å². The Morgan fingerprint density at radius 2 is 0.466 bits per heavy atom. The Morgan fingerprint density at radius 1 is 0.276 bits per heavy atom. The van der Waals surface area contributed by atoms with Crippen molar-refractivity contribution in [1.29, 1.82) is 0 Å². The summed E-state index contributed by atoms with van der Waals surface area (Å²) in [6.45, 7) is 0. The minimum absolute atomic E-state index is 0.140. The van der Waals surface area contributed by atoms with Crippen LogP contribution in [0.5, 0.6) is 0 Å². The molecule has 58 heavy (non-hydrogen) atoms. The highest BCUT2D eigenvalue weighted by molar-refractivity contribution is 6.20. The molecule has 0 amide bonds. The molecule has 0 bridgehead atoms. The molecule has 3 heterocycles. The van der Waals surface area contributed by atoms with Crippen LogP contribution in [-0.2, 0) is 0 Å². The average molecular weight is 755 g/mol. The Hall–Kier alpha value is -8.24. The van der Waals surface area contributed by atoms with Gasteiger partial charge >= 0.3 is 0 Å². The number of carbonyl (C=O) groups excluding carboxylic acids is 4. The van der Waals surface area contributed by atoms with Crippen LogP contribution in [0.15, 0.2) is 182 Å². The van der Waals surface area contributed by atoms with E-state index in [9.17, 15) is 19.2 Å². The summed E-state index contributed by atoms with van der Waals surface area (Å²) in [5.41, 5.74) is 1.59. The summed E-state index contributed by atoms with van der Waals surface area (Å²) in [5, 5.41) is 0. The average Bonchev–Trinajstić information content (AvgIpc) is 3.30. The lowest BCUT2D eigenvalue weighted by atomic mass is 10.0. The minimum Gasteiger partial charge on any atom is -0.287 e. The number of hydrogen-bond acceptors (Lipinski definition) is 10. The van der Waals surface area contributed by atoms with Crippen molar-refractivity contribution in [2.24, 2.45) is 0 Å². The number of aromatic nitrogens is 4. The number of para-hydroxylation sites is 2. The normalized spacial score (nSPS) is 11.7. The SMILES string of the molecule is O=C(c1ccccc1)c1nc2c(nc1C(=O)c1ccccc1)N(c1ccccc1)c1nc(C(=O)c3ccccc3)c(C(=O)c3ccccc3)nc1N2c1ccccc1. The van der Waals surface area contributed by atoms with Crippen molar-refractivity contribution < 1.29 is 19.2 Å². The van der Waals surface area contributed by atoms with Crippen molar-refractivity contribution in [1.82, 2.24) is 19.9 Å².